The highest BCUT2D eigenvalue weighted by Gasteiger charge is 2.03. The molecule has 0 amide bonds. The molecule has 0 aliphatic carbocycles. The van der Waals surface area contributed by atoms with Crippen molar-refractivity contribution in [2.24, 2.45) is 0 Å². The van der Waals surface area contributed by atoms with E-state index >= 15 is 0 Å². The van der Waals surface area contributed by atoms with Crippen LogP contribution < -0.4 is 0 Å². The first-order valence-corrected chi connectivity index (χ1v) is 3.66. The van der Waals surface area contributed by atoms with Gasteiger partial charge >= 0.3 is 0 Å². The second-order valence-corrected chi connectivity index (χ2v) is 3.24. The topological polar surface area (TPSA) is 23.8 Å². The number of hydrogen-bond donors (Lipinski definition) is 0. The number of hydrogen-bond acceptors (Lipinski definition) is 2. The van der Waals surface area contributed by atoms with Crippen LogP contribution in [0.1, 0.15) is 6.42 Å². The molecule has 1 heterocycles. The summed E-state index contributed by atoms with van der Waals surface area (Å²) >= 11 is 6.94. The Labute approximate surface area is 63.0 Å². The van der Waals surface area contributed by atoms with E-state index in [-0.39, 0.29) is 0 Å². The zero-order valence-electron chi connectivity index (χ0n) is 4.60. The molecule has 0 radical (unpaired) electrons. The summed E-state index contributed by atoms with van der Waals surface area (Å²) < 4.78 is 0.703. The lowest BCUT2D eigenvalue weighted by Crippen LogP contribution is -1.77. The van der Waals surface area contributed by atoms with Gasteiger partial charge in [-0.3, -0.25) is 0 Å². The van der Waals surface area contributed by atoms with Gasteiger partial charge in [-0.2, -0.15) is 5.26 Å². The molecular weight excluding hydrogens is 154 g/mol. The van der Waals surface area contributed by atoms with E-state index in [2.05, 4.69) is 0 Å². The smallest absolute Gasteiger partial charge is 0.106 e. The number of thioether (sulfide) groups is 1. The van der Waals surface area contributed by atoms with Crippen LogP contribution in [0.25, 0.3) is 0 Å². The largest absolute Gasteiger partial charge is 0.192 e. The van der Waals surface area contributed by atoms with Crippen LogP contribution in [0.3, 0.4) is 0 Å². The predicted octanol–water partition coefficient (Wildman–Crippen LogP) is 2.61. The highest BCUT2D eigenvalue weighted by molar-refractivity contribution is 8.08. The van der Waals surface area contributed by atoms with E-state index in [1.165, 1.54) is 11.8 Å². The molecule has 0 aromatic rings. The number of nitrogens with zero attached hydrogens (tertiary/aromatic N) is 1. The molecule has 0 saturated carbocycles. The number of allylic oxidation sites excluding steroid dienone is 3. The monoisotopic (exact) mass is 157 g/mol. The molecule has 0 aromatic heterocycles. The van der Waals surface area contributed by atoms with Gasteiger partial charge in [0.15, 0.2) is 0 Å². The molecule has 1 nitrogen and oxygen atoms in total. The van der Waals surface area contributed by atoms with Crippen molar-refractivity contribution in [1.29, 1.82) is 5.26 Å². The average Bonchev–Trinajstić information content (AvgIpc) is 1.88. The Morgan fingerprint density at radius 1 is 1.67 bits per heavy atom. The number of rotatable bonds is 0. The van der Waals surface area contributed by atoms with Crippen molar-refractivity contribution in [2.75, 3.05) is 0 Å². The van der Waals surface area contributed by atoms with Gasteiger partial charge < -0.3 is 0 Å². The minimum Gasteiger partial charge on any atom is -0.192 e. The van der Waals surface area contributed by atoms with Gasteiger partial charge in [0.2, 0.25) is 0 Å². The van der Waals surface area contributed by atoms with Crippen molar-refractivity contribution in [3.05, 3.63) is 21.4 Å². The first-order chi connectivity index (χ1) is 4.33. The Morgan fingerprint density at radius 2 is 2.44 bits per heavy atom. The Balaban J connectivity index is 2.65. The highest BCUT2D eigenvalue weighted by atomic mass is 35.5. The fourth-order valence-electron chi connectivity index (χ4n) is 0.515. The zero-order valence-corrected chi connectivity index (χ0v) is 6.17. The lowest BCUT2D eigenvalue weighted by molar-refractivity contribution is 1.37. The predicted molar refractivity (Wildman–Crippen MR) is 39.8 cm³/mol. The quantitative estimate of drug-likeness (QED) is 0.540. The van der Waals surface area contributed by atoms with Crippen molar-refractivity contribution in [3.8, 4) is 6.07 Å². The third-order valence-electron chi connectivity index (χ3n) is 0.899. The molecule has 0 spiro atoms. The number of nitriles is 1. The summed E-state index contributed by atoms with van der Waals surface area (Å²) in [5, 5.41) is 8.38. The van der Waals surface area contributed by atoms with Crippen molar-refractivity contribution < 1.29 is 0 Å². The maximum Gasteiger partial charge on any atom is 0.106 e. The summed E-state index contributed by atoms with van der Waals surface area (Å²) in [6.45, 7) is 0. The fraction of sp³-hybridized carbons (Fsp3) is 0.167. The standard InChI is InChI=1S/C6H4ClNS/c7-6-3-1-2-5(4-8)9-6/h2-3H,1H2. The molecule has 0 bridgehead atoms. The first-order valence-electron chi connectivity index (χ1n) is 2.46. The van der Waals surface area contributed by atoms with Gasteiger partial charge in [-0.15, -0.1) is 0 Å². The zero-order chi connectivity index (χ0) is 6.69. The minimum absolute atomic E-state index is 0.697. The molecule has 1 rings (SSSR count). The molecule has 0 atom stereocenters. The van der Waals surface area contributed by atoms with Crippen molar-refractivity contribution >= 4 is 23.4 Å². The molecular formula is C6H4ClNS. The van der Waals surface area contributed by atoms with E-state index in [9.17, 15) is 0 Å². The van der Waals surface area contributed by atoms with E-state index < -0.39 is 0 Å². The summed E-state index contributed by atoms with van der Waals surface area (Å²) in [5.41, 5.74) is 0. The molecule has 9 heavy (non-hydrogen) atoms. The Bertz CT molecular complexity index is 212. The average molecular weight is 158 g/mol. The molecule has 0 N–H and O–H groups in total. The van der Waals surface area contributed by atoms with E-state index in [0.29, 0.717) is 9.27 Å². The molecule has 0 aromatic carbocycles. The summed E-state index contributed by atoms with van der Waals surface area (Å²) in [6, 6.07) is 2.03. The van der Waals surface area contributed by atoms with E-state index in [4.69, 9.17) is 16.9 Å². The molecule has 1 aliphatic heterocycles. The first kappa shape index (κ1) is 6.73. The molecule has 1 aliphatic rings. The van der Waals surface area contributed by atoms with Gasteiger partial charge in [0, 0.05) is 0 Å². The Morgan fingerprint density at radius 3 is 2.89 bits per heavy atom. The second kappa shape index (κ2) is 2.95. The molecule has 46 valence electrons. The van der Waals surface area contributed by atoms with Gasteiger partial charge in [-0.25, -0.2) is 0 Å². The second-order valence-electron chi connectivity index (χ2n) is 1.53. The number of halogens is 1. The third kappa shape index (κ3) is 1.78. The maximum atomic E-state index is 8.38. The van der Waals surface area contributed by atoms with Crippen LogP contribution in [0.2, 0.25) is 0 Å². The van der Waals surface area contributed by atoms with Crippen molar-refractivity contribution in [1.82, 2.24) is 0 Å². The molecule has 0 saturated heterocycles. The van der Waals surface area contributed by atoms with Crippen LogP contribution in [0.15, 0.2) is 21.4 Å². The maximum absolute atomic E-state index is 8.38. The normalized spacial score (nSPS) is 17.8. The highest BCUT2D eigenvalue weighted by Crippen LogP contribution is 2.31. The fourth-order valence-corrected chi connectivity index (χ4v) is 1.47. The van der Waals surface area contributed by atoms with Gasteiger partial charge in [0.05, 0.1) is 9.27 Å². The van der Waals surface area contributed by atoms with E-state index in [0.717, 1.165) is 6.42 Å². The van der Waals surface area contributed by atoms with Gasteiger partial charge in [-0.1, -0.05) is 35.5 Å². The summed E-state index contributed by atoms with van der Waals surface area (Å²) in [7, 11) is 0. The van der Waals surface area contributed by atoms with Gasteiger partial charge in [-0.05, 0) is 6.42 Å². The SMILES string of the molecule is N#CC1=CCC=C(Cl)S1. The Kier molecular flexibility index (Phi) is 2.21. The van der Waals surface area contributed by atoms with Crippen LogP contribution in [-0.2, 0) is 0 Å². The van der Waals surface area contributed by atoms with E-state index in [1.807, 2.05) is 18.2 Å². The van der Waals surface area contributed by atoms with E-state index in [1.54, 1.807) is 0 Å². The molecule has 0 fully saturated rings. The summed E-state index contributed by atoms with van der Waals surface area (Å²) in [4.78, 5) is 0.697. The van der Waals surface area contributed by atoms with Crippen LogP contribution in [0, 0.1) is 11.3 Å². The van der Waals surface area contributed by atoms with Crippen molar-refractivity contribution in [2.45, 2.75) is 6.42 Å². The van der Waals surface area contributed by atoms with Crippen LogP contribution in [0.4, 0.5) is 0 Å². The third-order valence-corrected chi connectivity index (χ3v) is 2.12. The summed E-state index contributed by atoms with van der Waals surface area (Å²) in [5.74, 6) is 0. The molecule has 3 heteroatoms. The van der Waals surface area contributed by atoms with Gasteiger partial charge in [0.25, 0.3) is 0 Å². The minimum atomic E-state index is 0.697. The lowest BCUT2D eigenvalue weighted by Gasteiger charge is -2.00. The Hall–Kier alpha value is -0.390. The van der Waals surface area contributed by atoms with Gasteiger partial charge in [0.1, 0.15) is 6.07 Å². The van der Waals surface area contributed by atoms with Crippen LogP contribution >= 0.6 is 23.4 Å². The lowest BCUT2D eigenvalue weighted by atomic mass is 10.4. The molecule has 0 unspecified atom stereocenters. The summed E-state index contributed by atoms with van der Waals surface area (Å²) in [6.07, 6.45) is 4.53. The van der Waals surface area contributed by atoms with Crippen molar-refractivity contribution in [3.63, 3.8) is 0 Å². The van der Waals surface area contributed by atoms with Crippen LogP contribution in [-0.4, -0.2) is 0 Å². The van der Waals surface area contributed by atoms with Crippen LogP contribution in [0.5, 0.6) is 0 Å².